The Labute approximate surface area is 87.7 Å². The van der Waals surface area contributed by atoms with Gasteiger partial charge in [-0.05, 0) is 11.6 Å². The summed E-state index contributed by atoms with van der Waals surface area (Å²) in [4.78, 5) is 23.9. The molecule has 0 saturated heterocycles. The number of primary amides is 1. The molecule has 78 valence electrons. The monoisotopic (exact) mass is 204 g/mol. The van der Waals surface area contributed by atoms with E-state index in [0.717, 1.165) is 11.3 Å². The van der Waals surface area contributed by atoms with Crippen molar-refractivity contribution in [1.82, 2.24) is 0 Å². The zero-order chi connectivity index (χ0) is 10.8. The lowest BCUT2D eigenvalue weighted by Crippen LogP contribution is -2.30. The van der Waals surface area contributed by atoms with Gasteiger partial charge in [-0.1, -0.05) is 18.2 Å². The molecule has 0 aromatic heterocycles. The van der Waals surface area contributed by atoms with Crippen LogP contribution in [0.1, 0.15) is 12.0 Å². The molecule has 2 rings (SSSR count). The van der Waals surface area contributed by atoms with Gasteiger partial charge in [0.25, 0.3) is 0 Å². The summed E-state index contributed by atoms with van der Waals surface area (Å²) in [5, 5.41) is 0. The minimum atomic E-state index is -0.382. The molecule has 1 aliphatic rings. The highest BCUT2D eigenvalue weighted by Gasteiger charge is 2.26. The van der Waals surface area contributed by atoms with Crippen molar-refractivity contribution in [3.8, 4) is 0 Å². The van der Waals surface area contributed by atoms with E-state index in [-0.39, 0.29) is 18.2 Å². The fraction of sp³-hybridized carbons (Fsp3) is 0.273. The predicted octanol–water partition coefficient (Wildman–Crippen LogP) is 0.451. The first-order chi connectivity index (χ1) is 7.18. The van der Waals surface area contributed by atoms with Gasteiger partial charge in [0.15, 0.2) is 0 Å². The molecule has 1 aliphatic heterocycles. The summed E-state index contributed by atoms with van der Waals surface area (Å²) in [6, 6.07) is 7.61. The van der Waals surface area contributed by atoms with Crippen LogP contribution in [0.15, 0.2) is 24.3 Å². The molecule has 1 aromatic carbocycles. The first kappa shape index (κ1) is 9.71. The van der Waals surface area contributed by atoms with E-state index >= 15 is 0 Å². The highest BCUT2D eigenvalue weighted by molar-refractivity contribution is 6.01. The van der Waals surface area contributed by atoms with E-state index in [4.69, 9.17) is 5.73 Å². The van der Waals surface area contributed by atoms with Crippen molar-refractivity contribution in [3.63, 3.8) is 0 Å². The van der Waals surface area contributed by atoms with Gasteiger partial charge in [-0.3, -0.25) is 9.59 Å². The summed E-state index contributed by atoms with van der Waals surface area (Å²) in [5.74, 6) is -0.343. The molecule has 4 nitrogen and oxygen atoms in total. The second kappa shape index (κ2) is 3.73. The van der Waals surface area contributed by atoms with Crippen LogP contribution in [0.25, 0.3) is 0 Å². The second-order valence-corrected chi connectivity index (χ2v) is 3.57. The van der Waals surface area contributed by atoms with Gasteiger partial charge >= 0.3 is 0 Å². The maximum absolute atomic E-state index is 11.6. The van der Waals surface area contributed by atoms with Crippen LogP contribution in [0.5, 0.6) is 0 Å². The number of hydrogen-bond acceptors (Lipinski definition) is 2. The summed E-state index contributed by atoms with van der Waals surface area (Å²) in [7, 11) is 0. The highest BCUT2D eigenvalue weighted by atomic mass is 16.2. The topological polar surface area (TPSA) is 63.4 Å². The Morgan fingerprint density at radius 3 is 2.87 bits per heavy atom. The predicted molar refractivity (Wildman–Crippen MR) is 56.3 cm³/mol. The van der Waals surface area contributed by atoms with Crippen molar-refractivity contribution in [2.45, 2.75) is 12.8 Å². The second-order valence-electron chi connectivity index (χ2n) is 3.57. The van der Waals surface area contributed by atoms with Gasteiger partial charge in [-0.15, -0.1) is 0 Å². The lowest BCUT2D eigenvalue weighted by molar-refractivity contribution is -0.118. The van der Waals surface area contributed by atoms with Crippen LogP contribution in [-0.2, 0) is 16.0 Å². The van der Waals surface area contributed by atoms with Gasteiger partial charge in [-0.2, -0.15) is 0 Å². The zero-order valence-corrected chi connectivity index (χ0v) is 8.27. The molecule has 1 heterocycles. The molecule has 4 heteroatoms. The number of carbonyl (C=O) groups excluding carboxylic acids is 2. The van der Waals surface area contributed by atoms with E-state index in [1.807, 2.05) is 24.3 Å². The average molecular weight is 204 g/mol. The number of rotatable bonds is 3. The fourth-order valence-corrected chi connectivity index (χ4v) is 1.78. The number of fused-ring (bicyclic) bond motifs is 1. The minimum Gasteiger partial charge on any atom is -0.370 e. The standard InChI is InChI=1S/C11H12N2O2/c12-10(14)5-6-13-9-4-2-1-3-8(9)7-11(13)15/h1-4H,5-7H2,(H2,12,14). The number of nitrogens with zero attached hydrogens (tertiary/aromatic N) is 1. The van der Waals surface area contributed by atoms with Gasteiger partial charge in [0.05, 0.1) is 6.42 Å². The largest absolute Gasteiger partial charge is 0.370 e. The van der Waals surface area contributed by atoms with Crippen molar-refractivity contribution in [1.29, 1.82) is 0 Å². The Bertz CT molecular complexity index is 415. The zero-order valence-electron chi connectivity index (χ0n) is 8.27. The summed E-state index contributed by atoms with van der Waals surface area (Å²) < 4.78 is 0. The quantitative estimate of drug-likeness (QED) is 0.777. The van der Waals surface area contributed by atoms with Gasteiger partial charge in [0.2, 0.25) is 11.8 Å². The van der Waals surface area contributed by atoms with Gasteiger partial charge < -0.3 is 10.6 Å². The number of amides is 2. The third-order valence-corrected chi connectivity index (χ3v) is 2.51. The number of carbonyl (C=O) groups is 2. The smallest absolute Gasteiger partial charge is 0.231 e. The van der Waals surface area contributed by atoms with Crippen LogP contribution >= 0.6 is 0 Å². The molecule has 15 heavy (non-hydrogen) atoms. The van der Waals surface area contributed by atoms with E-state index < -0.39 is 0 Å². The molecule has 0 saturated carbocycles. The lowest BCUT2D eigenvalue weighted by Gasteiger charge is -2.15. The van der Waals surface area contributed by atoms with Crippen molar-refractivity contribution in [2.24, 2.45) is 5.73 Å². The molecule has 2 amide bonds. The Hall–Kier alpha value is -1.84. The molecule has 0 spiro atoms. The number of hydrogen-bond donors (Lipinski definition) is 1. The Morgan fingerprint density at radius 2 is 2.13 bits per heavy atom. The highest BCUT2D eigenvalue weighted by Crippen LogP contribution is 2.28. The van der Waals surface area contributed by atoms with E-state index in [1.165, 1.54) is 0 Å². The molecular formula is C11H12N2O2. The number of para-hydroxylation sites is 1. The third-order valence-electron chi connectivity index (χ3n) is 2.51. The Balaban J connectivity index is 2.18. The van der Waals surface area contributed by atoms with Crippen LogP contribution in [0.2, 0.25) is 0 Å². The minimum absolute atomic E-state index is 0.0393. The van der Waals surface area contributed by atoms with Crippen molar-refractivity contribution in [2.75, 3.05) is 11.4 Å². The molecule has 0 bridgehead atoms. The van der Waals surface area contributed by atoms with Crippen LogP contribution < -0.4 is 10.6 Å². The van der Waals surface area contributed by atoms with E-state index in [0.29, 0.717) is 13.0 Å². The lowest BCUT2D eigenvalue weighted by atomic mass is 10.2. The third kappa shape index (κ3) is 1.83. The molecule has 0 atom stereocenters. The molecular weight excluding hydrogens is 192 g/mol. The molecule has 0 fully saturated rings. The normalized spacial score (nSPS) is 14.1. The first-order valence-corrected chi connectivity index (χ1v) is 4.85. The van der Waals surface area contributed by atoms with Crippen molar-refractivity contribution >= 4 is 17.5 Å². The maximum atomic E-state index is 11.6. The molecule has 0 radical (unpaired) electrons. The summed E-state index contributed by atoms with van der Waals surface area (Å²) in [6.07, 6.45) is 0.634. The maximum Gasteiger partial charge on any atom is 0.231 e. The molecule has 0 aliphatic carbocycles. The summed E-state index contributed by atoms with van der Waals surface area (Å²) >= 11 is 0. The van der Waals surface area contributed by atoms with Crippen LogP contribution in [0.3, 0.4) is 0 Å². The SMILES string of the molecule is NC(=O)CCN1C(=O)Cc2ccccc21. The molecule has 1 aromatic rings. The average Bonchev–Trinajstić information content (AvgIpc) is 2.50. The number of nitrogens with two attached hydrogens (primary N) is 1. The van der Waals surface area contributed by atoms with Crippen LogP contribution in [0, 0.1) is 0 Å². The molecule has 2 N–H and O–H groups in total. The number of anilines is 1. The van der Waals surface area contributed by atoms with E-state index in [1.54, 1.807) is 4.90 Å². The Kier molecular flexibility index (Phi) is 2.41. The van der Waals surface area contributed by atoms with Gasteiger partial charge in [0.1, 0.15) is 0 Å². The van der Waals surface area contributed by atoms with Crippen LogP contribution in [0.4, 0.5) is 5.69 Å². The van der Waals surface area contributed by atoms with Crippen molar-refractivity contribution in [3.05, 3.63) is 29.8 Å². The van der Waals surface area contributed by atoms with E-state index in [9.17, 15) is 9.59 Å². The summed E-state index contributed by atoms with van der Waals surface area (Å²) in [6.45, 7) is 0.380. The molecule has 0 unspecified atom stereocenters. The number of benzene rings is 1. The van der Waals surface area contributed by atoms with Crippen molar-refractivity contribution < 1.29 is 9.59 Å². The van der Waals surface area contributed by atoms with Crippen LogP contribution in [-0.4, -0.2) is 18.4 Å². The Morgan fingerprint density at radius 1 is 1.40 bits per heavy atom. The fourth-order valence-electron chi connectivity index (χ4n) is 1.78. The van der Waals surface area contributed by atoms with E-state index in [2.05, 4.69) is 0 Å². The summed E-state index contributed by atoms with van der Waals surface area (Å²) in [5.41, 5.74) is 6.99. The van der Waals surface area contributed by atoms with Gasteiger partial charge in [0, 0.05) is 18.7 Å². The first-order valence-electron chi connectivity index (χ1n) is 4.85. The van der Waals surface area contributed by atoms with Gasteiger partial charge in [-0.25, -0.2) is 0 Å².